The Morgan fingerprint density at radius 2 is 2.16 bits per heavy atom. The molecule has 1 aromatic heterocycles. The van der Waals surface area contributed by atoms with Crippen molar-refractivity contribution in [3.05, 3.63) is 23.8 Å². The van der Waals surface area contributed by atoms with Crippen LogP contribution in [0.2, 0.25) is 0 Å². The number of aromatic nitrogens is 3. The smallest absolute Gasteiger partial charge is 0.391 e. The molecular formula is C11H10F3N3O2. The summed E-state index contributed by atoms with van der Waals surface area (Å²) in [6.45, 7) is 1.36. The minimum absolute atomic E-state index is 0.0806. The summed E-state index contributed by atoms with van der Waals surface area (Å²) in [6.07, 6.45) is -5.37. The van der Waals surface area contributed by atoms with Gasteiger partial charge < -0.3 is 5.11 Å². The highest BCUT2D eigenvalue weighted by Crippen LogP contribution is 2.29. The Morgan fingerprint density at radius 1 is 1.47 bits per heavy atom. The molecule has 1 unspecified atom stereocenters. The van der Waals surface area contributed by atoms with E-state index < -0.39 is 24.6 Å². The standard InChI is InChI=1S/C11H10F3N3O2/c1-6(5-11(12,13)14)17-8-4-2-3-7(10(18)19)9(8)15-16-17/h2-4,6H,5H2,1H3,(H,18,19). The molecule has 2 aromatic rings. The number of aromatic carboxylic acids is 1. The molecule has 0 amide bonds. The Kier molecular flexibility index (Phi) is 3.17. The molecule has 0 aliphatic rings. The van der Waals surface area contributed by atoms with E-state index in [1.54, 1.807) is 0 Å². The number of carbonyl (C=O) groups is 1. The third-order valence-corrected chi connectivity index (χ3v) is 2.68. The van der Waals surface area contributed by atoms with Crippen LogP contribution in [0.5, 0.6) is 0 Å². The maximum absolute atomic E-state index is 12.3. The van der Waals surface area contributed by atoms with Gasteiger partial charge in [-0.3, -0.25) is 0 Å². The molecule has 19 heavy (non-hydrogen) atoms. The van der Waals surface area contributed by atoms with E-state index in [0.717, 1.165) is 4.68 Å². The van der Waals surface area contributed by atoms with Gasteiger partial charge in [0.1, 0.15) is 5.52 Å². The molecule has 0 aliphatic carbocycles. The highest BCUT2D eigenvalue weighted by molar-refractivity contribution is 6.00. The van der Waals surface area contributed by atoms with Crippen LogP contribution in [0, 0.1) is 0 Å². The molecule has 0 saturated heterocycles. The fourth-order valence-corrected chi connectivity index (χ4v) is 1.88. The number of rotatable bonds is 3. The quantitative estimate of drug-likeness (QED) is 0.933. The molecule has 102 valence electrons. The Labute approximate surface area is 105 Å². The minimum atomic E-state index is -4.32. The SMILES string of the molecule is CC(CC(F)(F)F)n1nnc2c(C(=O)O)cccc21. The number of carboxylic acid groups (broad SMARTS) is 1. The maximum Gasteiger partial charge on any atom is 0.391 e. The molecule has 1 atom stereocenters. The summed E-state index contributed by atoms with van der Waals surface area (Å²) in [6, 6.07) is 3.33. The highest BCUT2D eigenvalue weighted by Gasteiger charge is 2.32. The Hall–Kier alpha value is -2.12. The zero-order valence-electron chi connectivity index (χ0n) is 9.85. The van der Waals surface area contributed by atoms with E-state index in [1.165, 1.54) is 25.1 Å². The van der Waals surface area contributed by atoms with Gasteiger partial charge in [0.15, 0.2) is 0 Å². The van der Waals surface area contributed by atoms with Crippen LogP contribution in [-0.2, 0) is 0 Å². The number of halogens is 3. The van der Waals surface area contributed by atoms with E-state index in [-0.39, 0.29) is 16.6 Å². The average molecular weight is 273 g/mol. The molecule has 8 heteroatoms. The maximum atomic E-state index is 12.3. The number of alkyl halides is 3. The van der Waals surface area contributed by atoms with Gasteiger partial charge in [-0.05, 0) is 19.1 Å². The first-order chi connectivity index (χ1) is 8.79. The van der Waals surface area contributed by atoms with E-state index in [4.69, 9.17) is 5.11 Å². The van der Waals surface area contributed by atoms with Crippen LogP contribution >= 0.6 is 0 Å². The number of carboxylic acids is 1. The minimum Gasteiger partial charge on any atom is -0.478 e. The zero-order chi connectivity index (χ0) is 14.2. The summed E-state index contributed by atoms with van der Waals surface area (Å²) in [5, 5.41) is 16.2. The van der Waals surface area contributed by atoms with E-state index >= 15 is 0 Å². The summed E-state index contributed by atoms with van der Waals surface area (Å²) in [7, 11) is 0. The molecule has 0 fully saturated rings. The van der Waals surface area contributed by atoms with Crippen LogP contribution in [0.3, 0.4) is 0 Å². The lowest BCUT2D eigenvalue weighted by Gasteiger charge is -2.14. The number of fused-ring (bicyclic) bond motifs is 1. The predicted octanol–water partition coefficient (Wildman–Crippen LogP) is 2.64. The molecule has 5 nitrogen and oxygen atoms in total. The summed E-state index contributed by atoms with van der Waals surface area (Å²) >= 11 is 0. The van der Waals surface area contributed by atoms with Crippen molar-refractivity contribution in [1.82, 2.24) is 15.0 Å². The average Bonchev–Trinajstić information content (AvgIpc) is 2.69. The summed E-state index contributed by atoms with van der Waals surface area (Å²) in [4.78, 5) is 11.0. The van der Waals surface area contributed by atoms with Gasteiger partial charge in [0, 0.05) is 0 Å². The molecular weight excluding hydrogens is 263 g/mol. The second kappa shape index (κ2) is 4.52. The third-order valence-electron chi connectivity index (χ3n) is 2.68. The molecule has 0 spiro atoms. The van der Waals surface area contributed by atoms with Crippen LogP contribution in [0.1, 0.15) is 29.7 Å². The summed E-state index contributed by atoms with van der Waals surface area (Å²) in [5.41, 5.74) is 0.281. The predicted molar refractivity (Wildman–Crippen MR) is 59.9 cm³/mol. The largest absolute Gasteiger partial charge is 0.478 e. The lowest BCUT2D eigenvalue weighted by molar-refractivity contribution is -0.142. The second-order valence-electron chi connectivity index (χ2n) is 4.18. The molecule has 0 saturated carbocycles. The third kappa shape index (κ3) is 2.67. The van der Waals surface area contributed by atoms with Crippen molar-refractivity contribution in [2.75, 3.05) is 0 Å². The Morgan fingerprint density at radius 3 is 2.74 bits per heavy atom. The lowest BCUT2D eigenvalue weighted by atomic mass is 10.1. The monoisotopic (exact) mass is 273 g/mol. The number of benzene rings is 1. The van der Waals surface area contributed by atoms with Gasteiger partial charge in [0.2, 0.25) is 0 Å². The van der Waals surface area contributed by atoms with Crippen LogP contribution in [0.4, 0.5) is 13.2 Å². The van der Waals surface area contributed by atoms with Gasteiger partial charge in [-0.15, -0.1) is 5.10 Å². The van der Waals surface area contributed by atoms with E-state index in [0.29, 0.717) is 0 Å². The first-order valence-electron chi connectivity index (χ1n) is 5.43. The van der Waals surface area contributed by atoms with Crippen LogP contribution in [-0.4, -0.2) is 32.2 Å². The summed E-state index contributed by atoms with van der Waals surface area (Å²) < 4.78 is 38.1. The van der Waals surface area contributed by atoms with Gasteiger partial charge in [-0.25, -0.2) is 9.48 Å². The fourth-order valence-electron chi connectivity index (χ4n) is 1.88. The first-order valence-corrected chi connectivity index (χ1v) is 5.43. The molecule has 2 rings (SSSR count). The van der Waals surface area contributed by atoms with Crippen molar-refractivity contribution in [2.24, 2.45) is 0 Å². The summed E-state index contributed by atoms with van der Waals surface area (Å²) in [5.74, 6) is -1.19. The van der Waals surface area contributed by atoms with E-state index in [1.807, 2.05) is 0 Å². The normalized spacial score (nSPS) is 13.7. The molecule has 0 aliphatic heterocycles. The van der Waals surface area contributed by atoms with Crippen LogP contribution in [0.15, 0.2) is 18.2 Å². The van der Waals surface area contributed by atoms with Crippen molar-refractivity contribution in [3.8, 4) is 0 Å². The topological polar surface area (TPSA) is 68.0 Å². The van der Waals surface area contributed by atoms with Gasteiger partial charge in [0.25, 0.3) is 0 Å². The van der Waals surface area contributed by atoms with Gasteiger partial charge in [0.05, 0.1) is 23.5 Å². The number of hydrogen-bond donors (Lipinski definition) is 1. The lowest BCUT2D eigenvalue weighted by Crippen LogP contribution is -2.17. The molecule has 1 N–H and O–H groups in total. The Bertz CT molecular complexity index is 621. The Balaban J connectivity index is 2.46. The van der Waals surface area contributed by atoms with Gasteiger partial charge >= 0.3 is 12.1 Å². The van der Waals surface area contributed by atoms with E-state index in [2.05, 4.69) is 10.3 Å². The highest BCUT2D eigenvalue weighted by atomic mass is 19.4. The first kappa shape index (κ1) is 13.3. The van der Waals surface area contributed by atoms with Gasteiger partial charge in [-0.2, -0.15) is 13.2 Å². The van der Waals surface area contributed by atoms with Crippen molar-refractivity contribution in [3.63, 3.8) is 0 Å². The van der Waals surface area contributed by atoms with Crippen molar-refractivity contribution in [2.45, 2.75) is 25.6 Å². The number of nitrogens with zero attached hydrogens (tertiary/aromatic N) is 3. The van der Waals surface area contributed by atoms with Crippen LogP contribution < -0.4 is 0 Å². The zero-order valence-corrected chi connectivity index (χ0v) is 9.85. The van der Waals surface area contributed by atoms with Crippen molar-refractivity contribution >= 4 is 17.0 Å². The van der Waals surface area contributed by atoms with Crippen molar-refractivity contribution < 1.29 is 23.1 Å². The molecule has 0 bridgehead atoms. The number of hydrogen-bond acceptors (Lipinski definition) is 3. The van der Waals surface area contributed by atoms with Crippen LogP contribution in [0.25, 0.3) is 11.0 Å². The molecule has 1 aromatic carbocycles. The van der Waals surface area contributed by atoms with Crippen molar-refractivity contribution in [1.29, 1.82) is 0 Å². The van der Waals surface area contributed by atoms with Gasteiger partial charge in [-0.1, -0.05) is 11.3 Å². The molecule has 0 radical (unpaired) electrons. The second-order valence-corrected chi connectivity index (χ2v) is 4.18. The van der Waals surface area contributed by atoms with E-state index in [9.17, 15) is 18.0 Å². The molecule has 1 heterocycles. The fraction of sp³-hybridized carbons (Fsp3) is 0.364.